The van der Waals surface area contributed by atoms with Crippen LogP contribution in [0.3, 0.4) is 0 Å². The van der Waals surface area contributed by atoms with E-state index in [1.807, 2.05) is 24.3 Å². The van der Waals surface area contributed by atoms with Gasteiger partial charge in [0.25, 0.3) is 0 Å². The molecule has 0 radical (unpaired) electrons. The van der Waals surface area contributed by atoms with Crippen LogP contribution < -0.4 is 9.47 Å². The number of hydrogen-bond acceptors (Lipinski definition) is 4. The SMILES string of the molecule is COC1=CC(=O)CC(/C=C/c2ccc3c(c2)OCO3)C1. The number of carbonyl (C=O) groups is 1. The largest absolute Gasteiger partial charge is 0.501 e. The fourth-order valence-electron chi connectivity index (χ4n) is 2.43. The van der Waals surface area contributed by atoms with E-state index in [1.54, 1.807) is 13.2 Å². The smallest absolute Gasteiger partial charge is 0.231 e. The molecule has 1 aliphatic heterocycles. The van der Waals surface area contributed by atoms with Crippen molar-refractivity contribution >= 4 is 11.9 Å². The summed E-state index contributed by atoms with van der Waals surface area (Å²) in [7, 11) is 1.60. The molecule has 0 fully saturated rings. The summed E-state index contributed by atoms with van der Waals surface area (Å²) in [5.74, 6) is 2.60. The summed E-state index contributed by atoms with van der Waals surface area (Å²) >= 11 is 0. The zero-order valence-corrected chi connectivity index (χ0v) is 11.3. The van der Waals surface area contributed by atoms with Gasteiger partial charge in [-0.3, -0.25) is 4.79 Å². The minimum absolute atomic E-state index is 0.119. The maximum absolute atomic E-state index is 11.6. The van der Waals surface area contributed by atoms with Crippen molar-refractivity contribution in [2.24, 2.45) is 5.92 Å². The van der Waals surface area contributed by atoms with Gasteiger partial charge in [0.15, 0.2) is 17.3 Å². The molecule has 4 nitrogen and oxygen atoms in total. The summed E-state index contributed by atoms with van der Waals surface area (Å²) in [6.45, 7) is 0.279. The van der Waals surface area contributed by atoms with E-state index in [0.717, 1.165) is 29.2 Å². The molecule has 1 atom stereocenters. The number of fused-ring (bicyclic) bond motifs is 1. The van der Waals surface area contributed by atoms with Crippen molar-refractivity contribution in [1.29, 1.82) is 0 Å². The summed E-state index contributed by atoms with van der Waals surface area (Å²) in [4.78, 5) is 11.6. The monoisotopic (exact) mass is 272 g/mol. The summed E-state index contributed by atoms with van der Waals surface area (Å²) in [5.41, 5.74) is 1.04. The highest BCUT2D eigenvalue weighted by Gasteiger charge is 2.19. The minimum Gasteiger partial charge on any atom is -0.501 e. The molecule has 20 heavy (non-hydrogen) atoms. The van der Waals surface area contributed by atoms with Crippen molar-refractivity contribution in [2.45, 2.75) is 12.8 Å². The van der Waals surface area contributed by atoms with E-state index in [-0.39, 0.29) is 18.5 Å². The Kier molecular flexibility index (Phi) is 3.46. The van der Waals surface area contributed by atoms with Gasteiger partial charge in [0.05, 0.1) is 12.9 Å². The number of hydrogen-bond donors (Lipinski definition) is 0. The Labute approximate surface area is 117 Å². The average molecular weight is 272 g/mol. The molecule has 1 aliphatic carbocycles. The Morgan fingerprint density at radius 1 is 1.25 bits per heavy atom. The lowest BCUT2D eigenvalue weighted by Gasteiger charge is -2.17. The maximum atomic E-state index is 11.6. The number of ketones is 1. The van der Waals surface area contributed by atoms with Gasteiger partial charge in [-0.1, -0.05) is 18.2 Å². The molecule has 0 N–H and O–H groups in total. The van der Waals surface area contributed by atoms with E-state index in [9.17, 15) is 4.79 Å². The van der Waals surface area contributed by atoms with E-state index in [4.69, 9.17) is 14.2 Å². The topological polar surface area (TPSA) is 44.8 Å². The number of benzene rings is 1. The standard InChI is InChI=1S/C16H16O4/c1-18-14-7-12(6-13(17)9-14)3-2-11-4-5-15-16(8-11)20-10-19-15/h2-5,8-9,12H,6-7,10H2,1H3/b3-2+. The van der Waals surface area contributed by atoms with Gasteiger partial charge in [0.1, 0.15) is 0 Å². The van der Waals surface area contributed by atoms with Crippen LogP contribution in [0.25, 0.3) is 6.08 Å². The van der Waals surface area contributed by atoms with E-state index >= 15 is 0 Å². The van der Waals surface area contributed by atoms with Crippen LogP contribution in [0.4, 0.5) is 0 Å². The first-order chi connectivity index (χ1) is 9.74. The molecule has 1 aromatic rings. The molecule has 0 spiro atoms. The number of rotatable bonds is 3. The quantitative estimate of drug-likeness (QED) is 0.848. The molecule has 104 valence electrons. The van der Waals surface area contributed by atoms with Crippen molar-refractivity contribution in [2.75, 3.05) is 13.9 Å². The molecular formula is C16H16O4. The third-order valence-electron chi connectivity index (χ3n) is 3.47. The van der Waals surface area contributed by atoms with Gasteiger partial charge in [0.2, 0.25) is 6.79 Å². The molecule has 2 aliphatic rings. The van der Waals surface area contributed by atoms with Crippen LogP contribution in [0.1, 0.15) is 18.4 Å². The van der Waals surface area contributed by atoms with Crippen molar-refractivity contribution in [3.63, 3.8) is 0 Å². The van der Waals surface area contributed by atoms with Crippen molar-refractivity contribution in [1.82, 2.24) is 0 Å². The Morgan fingerprint density at radius 2 is 2.10 bits per heavy atom. The molecule has 0 bridgehead atoms. The van der Waals surface area contributed by atoms with Crippen LogP contribution in [0.2, 0.25) is 0 Å². The third-order valence-corrected chi connectivity index (χ3v) is 3.47. The average Bonchev–Trinajstić information content (AvgIpc) is 2.92. The second kappa shape index (κ2) is 5.41. The zero-order chi connectivity index (χ0) is 13.9. The third kappa shape index (κ3) is 2.69. The Bertz CT molecular complexity index is 586. The molecule has 3 rings (SSSR count). The predicted octanol–water partition coefficient (Wildman–Crippen LogP) is 2.94. The van der Waals surface area contributed by atoms with Gasteiger partial charge < -0.3 is 14.2 Å². The molecule has 0 saturated heterocycles. The van der Waals surface area contributed by atoms with Crippen molar-refractivity contribution < 1.29 is 19.0 Å². The predicted molar refractivity (Wildman–Crippen MR) is 74.4 cm³/mol. The van der Waals surface area contributed by atoms with Crippen LogP contribution >= 0.6 is 0 Å². The van der Waals surface area contributed by atoms with Crippen LogP contribution in [0.15, 0.2) is 36.1 Å². The molecule has 0 saturated carbocycles. The number of methoxy groups -OCH3 is 1. The van der Waals surface area contributed by atoms with Gasteiger partial charge in [0, 0.05) is 18.9 Å². The second-order valence-corrected chi connectivity index (χ2v) is 4.92. The summed E-state index contributed by atoms with van der Waals surface area (Å²) in [5, 5.41) is 0. The van der Waals surface area contributed by atoms with Crippen LogP contribution in [0, 0.1) is 5.92 Å². The molecule has 1 unspecified atom stereocenters. The van der Waals surface area contributed by atoms with Crippen molar-refractivity contribution in [3.8, 4) is 11.5 Å². The number of allylic oxidation sites excluding steroid dienone is 3. The summed E-state index contributed by atoms with van der Waals surface area (Å²) < 4.78 is 15.8. The van der Waals surface area contributed by atoms with Gasteiger partial charge in [-0.05, 0) is 23.6 Å². The fourth-order valence-corrected chi connectivity index (χ4v) is 2.43. The van der Waals surface area contributed by atoms with E-state index in [0.29, 0.717) is 6.42 Å². The fraction of sp³-hybridized carbons (Fsp3) is 0.312. The molecule has 1 aromatic carbocycles. The molecule has 0 aromatic heterocycles. The lowest BCUT2D eigenvalue weighted by molar-refractivity contribution is -0.115. The maximum Gasteiger partial charge on any atom is 0.231 e. The highest BCUT2D eigenvalue weighted by atomic mass is 16.7. The Hall–Kier alpha value is -2.23. The zero-order valence-electron chi connectivity index (χ0n) is 11.3. The normalized spacial score (nSPS) is 21.1. The number of carbonyl (C=O) groups excluding carboxylic acids is 1. The van der Waals surface area contributed by atoms with Gasteiger partial charge >= 0.3 is 0 Å². The van der Waals surface area contributed by atoms with Crippen LogP contribution in [0.5, 0.6) is 11.5 Å². The Morgan fingerprint density at radius 3 is 2.95 bits per heavy atom. The lowest BCUT2D eigenvalue weighted by atomic mass is 9.91. The molecule has 1 heterocycles. The molecular weight excluding hydrogens is 256 g/mol. The van der Waals surface area contributed by atoms with Gasteiger partial charge in [-0.15, -0.1) is 0 Å². The minimum atomic E-state index is 0.119. The van der Waals surface area contributed by atoms with Gasteiger partial charge in [-0.25, -0.2) is 0 Å². The van der Waals surface area contributed by atoms with Crippen molar-refractivity contribution in [3.05, 3.63) is 41.7 Å². The summed E-state index contributed by atoms with van der Waals surface area (Å²) in [6, 6.07) is 5.81. The second-order valence-electron chi connectivity index (χ2n) is 4.92. The van der Waals surface area contributed by atoms with E-state index in [1.165, 1.54) is 0 Å². The molecule has 4 heteroatoms. The highest BCUT2D eigenvalue weighted by molar-refractivity contribution is 5.91. The highest BCUT2D eigenvalue weighted by Crippen LogP contribution is 2.33. The lowest BCUT2D eigenvalue weighted by Crippen LogP contribution is -2.13. The van der Waals surface area contributed by atoms with Crippen LogP contribution in [-0.2, 0) is 9.53 Å². The van der Waals surface area contributed by atoms with E-state index < -0.39 is 0 Å². The first kappa shape index (κ1) is 12.8. The molecule has 0 amide bonds. The van der Waals surface area contributed by atoms with Crippen LogP contribution in [-0.4, -0.2) is 19.7 Å². The Balaban J connectivity index is 1.71. The number of ether oxygens (including phenoxy) is 3. The first-order valence-electron chi connectivity index (χ1n) is 6.60. The van der Waals surface area contributed by atoms with Gasteiger partial charge in [-0.2, -0.15) is 0 Å². The summed E-state index contributed by atoms with van der Waals surface area (Å²) in [6.07, 6.45) is 6.96. The first-order valence-corrected chi connectivity index (χ1v) is 6.60. The van der Waals surface area contributed by atoms with E-state index in [2.05, 4.69) is 6.08 Å².